The molecule has 2 aromatic heterocycles. The Morgan fingerprint density at radius 2 is 2.10 bits per heavy atom. The molecule has 0 saturated heterocycles. The molecule has 5 nitrogen and oxygen atoms in total. The predicted octanol–water partition coefficient (Wildman–Crippen LogP) is 4.13. The van der Waals surface area contributed by atoms with Gasteiger partial charge in [-0.15, -0.1) is 11.3 Å². The smallest absolute Gasteiger partial charge is 0.278 e. The van der Waals surface area contributed by atoms with E-state index in [1.165, 1.54) is 22.0 Å². The summed E-state index contributed by atoms with van der Waals surface area (Å²) in [6, 6.07) is 9.24. The number of nitro benzene ring substituents is 1. The van der Waals surface area contributed by atoms with Crippen molar-refractivity contribution in [1.82, 2.24) is 4.98 Å². The first-order chi connectivity index (χ1) is 10.1. The number of pyridine rings is 1. The van der Waals surface area contributed by atoms with Crippen LogP contribution in [0.25, 0.3) is 10.8 Å². The Balaban J connectivity index is 1.96. The first-order valence-electron chi connectivity index (χ1n) is 6.45. The largest absolute Gasteiger partial charge is 0.380 e. The number of non-ortho nitro benzene ring substituents is 1. The summed E-state index contributed by atoms with van der Waals surface area (Å²) in [5.41, 5.74) is 0.958. The maximum absolute atomic E-state index is 11.1. The minimum atomic E-state index is -0.379. The van der Waals surface area contributed by atoms with Crippen molar-refractivity contribution < 1.29 is 4.92 Å². The van der Waals surface area contributed by atoms with Crippen LogP contribution in [0.4, 0.5) is 11.4 Å². The first kappa shape index (κ1) is 13.5. The van der Waals surface area contributed by atoms with Gasteiger partial charge in [0.25, 0.3) is 5.69 Å². The molecular formula is C15H13N3O2S. The quantitative estimate of drug-likeness (QED) is 0.581. The van der Waals surface area contributed by atoms with Crippen molar-refractivity contribution in [3.8, 4) is 0 Å². The van der Waals surface area contributed by atoms with Crippen molar-refractivity contribution in [2.45, 2.75) is 13.5 Å². The Hall–Kier alpha value is -2.47. The second-order valence-electron chi connectivity index (χ2n) is 4.68. The van der Waals surface area contributed by atoms with Crippen LogP contribution in [0.5, 0.6) is 0 Å². The molecule has 1 aromatic carbocycles. The monoisotopic (exact) mass is 299 g/mol. The molecule has 21 heavy (non-hydrogen) atoms. The van der Waals surface area contributed by atoms with Crippen molar-refractivity contribution in [2.75, 3.05) is 5.32 Å². The minimum Gasteiger partial charge on any atom is -0.380 e. The molecule has 0 spiro atoms. The first-order valence-corrected chi connectivity index (χ1v) is 7.27. The van der Waals surface area contributed by atoms with Gasteiger partial charge in [0.05, 0.1) is 10.3 Å². The maximum atomic E-state index is 11.1. The lowest BCUT2D eigenvalue weighted by atomic mass is 10.1. The van der Waals surface area contributed by atoms with E-state index in [1.54, 1.807) is 29.7 Å². The van der Waals surface area contributed by atoms with E-state index in [4.69, 9.17) is 0 Å². The average Bonchev–Trinajstić information content (AvgIpc) is 2.90. The van der Waals surface area contributed by atoms with Gasteiger partial charge in [-0.3, -0.25) is 15.1 Å². The fourth-order valence-electron chi connectivity index (χ4n) is 2.25. The van der Waals surface area contributed by atoms with Crippen LogP contribution >= 0.6 is 11.3 Å². The molecule has 0 aliphatic heterocycles. The molecular weight excluding hydrogens is 286 g/mol. The van der Waals surface area contributed by atoms with E-state index in [0.29, 0.717) is 11.9 Å². The molecule has 0 amide bonds. The van der Waals surface area contributed by atoms with Gasteiger partial charge in [0.15, 0.2) is 0 Å². The van der Waals surface area contributed by atoms with Crippen molar-refractivity contribution in [3.63, 3.8) is 0 Å². The van der Waals surface area contributed by atoms with Gasteiger partial charge in [0.1, 0.15) is 0 Å². The van der Waals surface area contributed by atoms with E-state index in [-0.39, 0.29) is 10.6 Å². The second-order valence-corrected chi connectivity index (χ2v) is 6.05. The normalized spacial score (nSPS) is 10.7. The van der Waals surface area contributed by atoms with E-state index >= 15 is 0 Å². The van der Waals surface area contributed by atoms with Crippen molar-refractivity contribution >= 4 is 33.5 Å². The number of rotatable bonds is 4. The summed E-state index contributed by atoms with van der Waals surface area (Å²) < 4.78 is 0. The number of benzene rings is 1. The third kappa shape index (κ3) is 2.71. The number of aryl methyl sites for hydroxylation is 1. The summed E-state index contributed by atoms with van der Waals surface area (Å²) in [4.78, 5) is 17.2. The van der Waals surface area contributed by atoms with Crippen LogP contribution in [0.1, 0.15) is 9.75 Å². The summed E-state index contributed by atoms with van der Waals surface area (Å²) in [7, 11) is 0. The van der Waals surface area contributed by atoms with Gasteiger partial charge in [-0.2, -0.15) is 0 Å². The zero-order valence-electron chi connectivity index (χ0n) is 11.4. The highest BCUT2D eigenvalue weighted by Crippen LogP contribution is 2.31. The lowest BCUT2D eigenvalue weighted by Crippen LogP contribution is -1.99. The maximum Gasteiger partial charge on any atom is 0.278 e. The molecule has 1 N–H and O–H groups in total. The number of hydrogen-bond acceptors (Lipinski definition) is 5. The topological polar surface area (TPSA) is 68.1 Å². The summed E-state index contributed by atoms with van der Waals surface area (Å²) in [6.45, 7) is 2.77. The number of nitrogens with one attached hydrogen (secondary N) is 1. The number of nitro groups is 1. The molecule has 6 heteroatoms. The predicted molar refractivity (Wildman–Crippen MR) is 84.8 cm³/mol. The number of fused-ring (bicyclic) bond motifs is 1. The highest BCUT2D eigenvalue weighted by atomic mass is 32.1. The molecule has 3 aromatic rings. The van der Waals surface area contributed by atoms with E-state index in [2.05, 4.69) is 29.4 Å². The molecule has 0 saturated carbocycles. The van der Waals surface area contributed by atoms with E-state index < -0.39 is 0 Å². The third-order valence-electron chi connectivity index (χ3n) is 3.24. The number of nitrogens with zero attached hydrogens (tertiary/aromatic N) is 2. The third-order valence-corrected chi connectivity index (χ3v) is 4.24. The Bertz CT molecular complexity index is 814. The molecule has 0 aliphatic rings. The number of hydrogen-bond donors (Lipinski definition) is 1. The standard InChI is InChI=1S/C15H13N3O2S/c1-10-2-3-11(21-10)8-17-14-4-5-15(18(19)20)13-9-16-7-6-12(13)14/h2-7,9,17H,8H2,1H3. The van der Waals surface area contributed by atoms with Gasteiger partial charge in [-0.1, -0.05) is 0 Å². The average molecular weight is 299 g/mol. The fourth-order valence-corrected chi connectivity index (χ4v) is 3.08. The molecule has 0 atom stereocenters. The second kappa shape index (κ2) is 5.49. The van der Waals surface area contributed by atoms with E-state index in [9.17, 15) is 10.1 Å². The molecule has 106 valence electrons. The Labute approximate surface area is 125 Å². The molecule has 0 aliphatic carbocycles. The SMILES string of the molecule is Cc1ccc(CNc2ccc([N+](=O)[O-])c3cnccc23)s1. The molecule has 0 unspecified atom stereocenters. The lowest BCUT2D eigenvalue weighted by Gasteiger charge is -2.09. The Kier molecular flexibility index (Phi) is 3.53. The van der Waals surface area contributed by atoms with Gasteiger partial charge in [0, 0.05) is 45.8 Å². The van der Waals surface area contributed by atoms with Crippen LogP contribution in [0.2, 0.25) is 0 Å². The van der Waals surface area contributed by atoms with Gasteiger partial charge in [-0.25, -0.2) is 0 Å². The van der Waals surface area contributed by atoms with Crippen molar-refractivity contribution in [1.29, 1.82) is 0 Å². The van der Waals surface area contributed by atoms with Crippen LogP contribution in [0, 0.1) is 17.0 Å². The highest BCUT2D eigenvalue weighted by molar-refractivity contribution is 7.11. The Morgan fingerprint density at radius 3 is 2.81 bits per heavy atom. The zero-order valence-corrected chi connectivity index (χ0v) is 12.2. The number of anilines is 1. The molecule has 3 rings (SSSR count). The summed E-state index contributed by atoms with van der Waals surface area (Å²) in [5, 5.41) is 15.8. The van der Waals surface area contributed by atoms with Crippen molar-refractivity contribution in [2.24, 2.45) is 0 Å². The van der Waals surface area contributed by atoms with E-state index in [0.717, 1.165) is 11.1 Å². The highest BCUT2D eigenvalue weighted by Gasteiger charge is 2.14. The number of aromatic nitrogens is 1. The van der Waals surface area contributed by atoms with Gasteiger partial charge >= 0.3 is 0 Å². The van der Waals surface area contributed by atoms with Crippen LogP contribution < -0.4 is 5.32 Å². The zero-order chi connectivity index (χ0) is 14.8. The summed E-state index contributed by atoms with van der Waals surface area (Å²) >= 11 is 1.74. The summed E-state index contributed by atoms with van der Waals surface area (Å²) in [5.74, 6) is 0. The van der Waals surface area contributed by atoms with Gasteiger partial charge < -0.3 is 5.32 Å². The molecule has 0 bridgehead atoms. The number of thiophene rings is 1. The molecule has 2 heterocycles. The summed E-state index contributed by atoms with van der Waals surface area (Å²) in [6.07, 6.45) is 3.18. The van der Waals surface area contributed by atoms with Crippen LogP contribution in [0.15, 0.2) is 42.7 Å². The van der Waals surface area contributed by atoms with Crippen molar-refractivity contribution in [3.05, 3.63) is 62.6 Å². The fraction of sp³-hybridized carbons (Fsp3) is 0.133. The van der Waals surface area contributed by atoms with Crippen LogP contribution in [-0.4, -0.2) is 9.91 Å². The minimum absolute atomic E-state index is 0.0793. The van der Waals surface area contributed by atoms with Gasteiger partial charge in [0.2, 0.25) is 0 Å². The van der Waals surface area contributed by atoms with Crippen LogP contribution in [-0.2, 0) is 6.54 Å². The molecule has 0 radical (unpaired) electrons. The van der Waals surface area contributed by atoms with Crippen LogP contribution in [0.3, 0.4) is 0 Å². The van der Waals surface area contributed by atoms with Gasteiger partial charge in [-0.05, 0) is 31.2 Å². The van der Waals surface area contributed by atoms with E-state index in [1.807, 2.05) is 0 Å². The molecule has 0 fully saturated rings. The lowest BCUT2D eigenvalue weighted by molar-refractivity contribution is -0.383. The Morgan fingerprint density at radius 1 is 1.24 bits per heavy atom.